The molecule has 0 fully saturated rings. The van der Waals surface area contributed by atoms with Crippen LogP contribution in [0.5, 0.6) is 0 Å². The van der Waals surface area contributed by atoms with Gasteiger partial charge in [0.2, 0.25) is 5.91 Å². The number of sulfonamides is 1. The number of carbonyl (C=O) groups is 2. The molecule has 0 bridgehead atoms. The van der Waals surface area contributed by atoms with Gasteiger partial charge in [-0.15, -0.1) is 0 Å². The maximum atomic E-state index is 13.4. The quantitative estimate of drug-likeness (QED) is 0.549. The largest absolute Gasteiger partial charge is 0.465 e. The standard InChI is InChI=1S/C24H24N2O5S/c1-17-12-13-22(18(2)14-17)26(32(29,30)21-10-5-4-6-11-21)16-23(27)25-20-9-7-8-19(15-20)24(28)31-3/h4-15H,16H2,1-3H3,(H,25,27). The molecule has 0 aromatic heterocycles. The smallest absolute Gasteiger partial charge is 0.337 e. The molecule has 0 radical (unpaired) electrons. The van der Waals surface area contributed by atoms with Gasteiger partial charge in [-0.25, -0.2) is 13.2 Å². The fourth-order valence-corrected chi connectivity index (χ4v) is 4.78. The minimum atomic E-state index is -4.00. The van der Waals surface area contributed by atoms with Crippen molar-refractivity contribution in [3.05, 3.63) is 89.5 Å². The van der Waals surface area contributed by atoms with E-state index in [1.807, 2.05) is 13.0 Å². The lowest BCUT2D eigenvalue weighted by molar-refractivity contribution is -0.114. The van der Waals surface area contributed by atoms with Crippen LogP contribution in [-0.4, -0.2) is 33.9 Å². The van der Waals surface area contributed by atoms with Crippen LogP contribution in [0.3, 0.4) is 0 Å². The predicted molar refractivity (Wildman–Crippen MR) is 123 cm³/mol. The third-order valence-corrected chi connectivity index (χ3v) is 6.58. The predicted octanol–water partition coefficient (Wildman–Crippen LogP) is 3.92. The molecule has 0 unspecified atom stereocenters. The van der Waals surface area contributed by atoms with Gasteiger partial charge in [0.25, 0.3) is 10.0 Å². The van der Waals surface area contributed by atoms with Crippen molar-refractivity contribution in [2.75, 3.05) is 23.3 Å². The Balaban J connectivity index is 1.94. The summed E-state index contributed by atoms with van der Waals surface area (Å²) in [7, 11) is -2.74. The number of hydrogen-bond acceptors (Lipinski definition) is 5. The van der Waals surface area contributed by atoms with E-state index in [4.69, 9.17) is 4.74 Å². The molecule has 0 heterocycles. The topological polar surface area (TPSA) is 92.8 Å². The van der Waals surface area contributed by atoms with Gasteiger partial charge >= 0.3 is 5.97 Å². The lowest BCUT2D eigenvalue weighted by atomic mass is 10.1. The summed E-state index contributed by atoms with van der Waals surface area (Å²) >= 11 is 0. The molecule has 0 aliphatic carbocycles. The van der Waals surface area contributed by atoms with E-state index < -0.39 is 28.4 Å². The zero-order chi connectivity index (χ0) is 23.3. The van der Waals surface area contributed by atoms with Crippen LogP contribution < -0.4 is 9.62 Å². The molecular weight excluding hydrogens is 428 g/mol. The summed E-state index contributed by atoms with van der Waals surface area (Å²) in [6, 6.07) is 19.6. The monoisotopic (exact) mass is 452 g/mol. The van der Waals surface area contributed by atoms with Crippen molar-refractivity contribution in [2.45, 2.75) is 18.7 Å². The van der Waals surface area contributed by atoms with E-state index >= 15 is 0 Å². The number of benzene rings is 3. The van der Waals surface area contributed by atoms with Crippen LogP contribution in [-0.2, 0) is 19.6 Å². The normalized spacial score (nSPS) is 11.0. The highest BCUT2D eigenvalue weighted by Gasteiger charge is 2.28. The van der Waals surface area contributed by atoms with Crippen molar-refractivity contribution < 1.29 is 22.7 Å². The summed E-state index contributed by atoms with van der Waals surface area (Å²) in [6.45, 7) is 3.27. The number of amides is 1. The van der Waals surface area contributed by atoms with Crippen molar-refractivity contribution in [1.82, 2.24) is 0 Å². The minimum Gasteiger partial charge on any atom is -0.465 e. The van der Waals surface area contributed by atoms with Gasteiger partial charge in [-0.2, -0.15) is 0 Å². The summed E-state index contributed by atoms with van der Waals surface area (Å²) in [6.07, 6.45) is 0. The Morgan fingerprint density at radius 2 is 1.66 bits per heavy atom. The highest BCUT2D eigenvalue weighted by atomic mass is 32.2. The molecule has 0 aliphatic heterocycles. The van der Waals surface area contributed by atoms with Gasteiger partial charge in [-0.3, -0.25) is 9.10 Å². The number of nitrogens with one attached hydrogen (secondary N) is 1. The molecule has 1 amide bonds. The molecule has 0 atom stereocenters. The Labute approximate surface area is 187 Å². The van der Waals surface area contributed by atoms with Crippen molar-refractivity contribution >= 4 is 33.3 Å². The van der Waals surface area contributed by atoms with Crippen molar-refractivity contribution in [3.63, 3.8) is 0 Å². The maximum absolute atomic E-state index is 13.4. The molecule has 3 aromatic carbocycles. The number of hydrogen-bond donors (Lipinski definition) is 1. The fourth-order valence-electron chi connectivity index (χ4n) is 3.28. The summed E-state index contributed by atoms with van der Waals surface area (Å²) in [5.74, 6) is -1.09. The minimum absolute atomic E-state index is 0.0838. The van der Waals surface area contributed by atoms with E-state index in [0.29, 0.717) is 11.4 Å². The highest BCUT2D eigenvalue weighted by Crippen LogP contribution is 2.27. The third kappa shape index (κ3) is 5.15. The molecule has 32 heavy (non-hydrogen) atoms. The lowest BCUT2D eigenvalue weighted by Gasteiger charge is -2.26. The van der Waals surface area contributed by atoms with Gasteiger partial charge in [0.1, 0.15) is 6.54 Å². The first-order valence-corrected chi connectivity index (χ1v) is 11.3. The zero-order valence-corrected chi connectivity index (χ0v) is 18.8. The van der Waals surface area contributed by atoms with E-state index in [1.165, 1.54) is 25.3 Å². The Kier molecular flexibility index (Phi) is 6.95. The first kappa shape index (κ1) is 23.0. The van der Waals surface area contributed by atoms with Gasteiger partial charge in [0.05, 0.1) is 23.3 Å². The van der Waals surface area contributed by atoms with Crippen LogP contribution in [0.15, 0.2) is 77.7 Å². The molecule has 3 aromatic rings. The second kappa shape index (κ2) is 9.65. The van der Waals surface area contributed by atoms with Crippen LogP contribution >= 0.6 is 0 Å². The molecule has 8 heteroatoms. The zero-order valence-electron chi connectivity index (χ0n) is 18.0. The average Bonchev–Trinajstić information content (AvgIpc) is 2.78. The Morgan fingerprint density at radius 3 is 2.31 bits per heavy atom. The van der Waals surface area contributed by atoms with E-state index in [2.05, 4.69) is 5.32 Å². The van der Waals surface area contributed by atoms with E-state index in [-0.39, 0.29) is 10.5 Å². The summed E-state index contributed by atoms with van der Waals surface area (Å²) in [4.78, 5) is 24.7. The van der Waals surface area contributed by atoms with Crippen molar-refractivity contribution in [3.8, 4) is 0 Å². The molecule has 1 N–H and O–H groups in total. The Hall–Kier alpha value is -3.65. The number of esters is 1. The van der Waals surface area contributed by atoms with Crippen molar-refractivity contribution in [2.24, 2.45) is 0 Å². The average molecular weight is 453 g/mol. The second-order valence-electron chi connectivity index (χ2n) is 7.24. The van der Waals surface area contributed by atoms with E-state index in [1.54, 1.807) is 55.5 Å². The Morgan fingerprint density at radius 1 is 0.938 bits per heavy atom. The highest BCUT2D eigenvalue weighted by molar-refractivity contribution is 7.92. The number of anilines is 2. The van der Waals surface area contributed by atoms with Crippen LogP contribution in [0.25, 0.3) is 0 Å². The number of aryl methyl sites for hydroxylation is 2. The Bertz CT molecular complexity index is 1240. The van der Waals surface area contributed by atoms with Crippen LogP contribution in [0.1, 0.15) is 21.5 Å². The molecule has 0 saturated carbocycles. The number of carbonyl (C=O) groups excluding carboxylic acids is 2. The molecule has 0 saturated heterocycles. The first-order chi connectivity index (χ1) is 15.2. The van der Waals surface area contributed by atoms with E-state index in [0.717, 1.165) is 15.4 Å². The summed E-state index contributed by atoms with van der Waals surface area (Å²) in [5, 5.41) is 2.66. The van der Waals surface area contributed by atoms with Gasteiger partial charge < -0.3 is 10.1 Å². The second-order valence-corrected chi connectivity index (χ2v) is 9.10. The molecule has 3 rings (SSSR count). The fraction of sp³-hybridized carbons (Fsp3) is 0.167. The number of ether oxygens (including phenoxy) is 1. The number of nitrogens with zero attached hydrogens (tertiary/aromatic N) is 1. The van der Waals surface area contributed by atoms with Crippen molar-refractivity contribution in [1.29, 1.82) is 0 Å². The first-order valence-electron chi connectivity index (χ1n) is 9.85. The maximum Gasteiger partial charge on any atom is 0.337 e. The third-order valence-electron chi connectivity index (χ3n) is 4.81. The molecule has 0 aliphatic rings. The summed E-state index contributed by atoms with van der Waals surface area (Å²) in [5.41, 5.74) is 2.75. The summed E-state index contributed by atoms with van der Waals surface area (Å²) < 4.78 is 32.6. The number of methoxy groups -OCH3 is 1. The molecule has 7 nitrogen and oxygen atoms in total. The van der Waals surface area contributed by atoms with Gasteiger partial charge in [-0.05, 0) is 55.8 Å². The van der Waals surface area contributed by atoms with Crippen LogP contribution in [0.2, 0.25) is 0 Å². The van der Waals surface area contributed by atoms with Crippen LogP contribution in [0, 0.1) is 13.8 Å². The van der Waals surface area contributed by atoms with E-state index in [9.17, 15) is 18.0 Å². The lowest BCUT2D eigenvalue weighted by Crippen LogP contribution is -2.38. The molecule has 166 valence electrons. The SMILES string of the molecule is COC(=O)c1cccc(NC(=O)CN(c2ccc(C)cc2C)S(=O)(=O)c2ccccc2)c1. The van der Waals surface area contributed by atoms with Gasteiger partial charge in [0, 0.05) is 5.69 Å². The molecular formula is C24H24N2O5S. The van der Waals surface area contributed by atoms with Gasteiger partial charge in [0.15, 0.2) is 0 Å². The number of rotatable bonds is 7. The molecule has 0 spiro atoms. The van der Waals surface area contributed by atoms with Crippen LogP contribution in [0.4, 0.5) is 11.4 Å². The van der Waals surface area contributed by atoms with Gasteiger partial charge in [-0.1, -0.05) is 42.0 Å².